The lowest BCUT2D eigenvalue weighted by Crippen LogP contribution is -2.33. The second-order valence-electron chi connectivity index (χ2n) is 6.15. The Bertz CT molecular complexity index is 634. The molecule has 0 aliphatic carbocycles. The van der Waals surface area contributed by atoms with Crippen LogP contribution >= 0.6 is 11.8 Å². The number of carbonyl (C=O) groups is 2. The number of hydrogen-bond donors (Lipinski definition) is 1. The van der Waals surface area contributed by atoms with Gasteiger partial charge in [0.05, 0.1) is 18.8 Å². The van der Waals surface area contributed by atoms with Crippen LogP contribution in [-0.4, -0.2) is 42.7 Å². The van der Waals surface area contributed by atoms with Crippen LogP contribution in [-0.2, 0) is 9.53 Å². The quantitative estimate of drug-likeness (QED) is 0.905. The third-order valence-electron chi connectivity index (χ3n) is 4.41. The van der Waals surface area contributed by atoms with Crippen molar-refractivity contribution in [2.45, 2.75) is 31.8 Å². The molecule has 0 saturated carbocycles. The van der Waals surface area contributed by atoms with E-state index in [9.17, 15) is 14.0 Å². The number of thioether (sulfide) groups is 1. The van der Waals surface area contributed by atoms with Crippen LogP contribution in [0.3, 0.4) is 0 Å². The van der Waals surface area contributed by atoms with E-state index in [1.54, 1.807) is 12.1 Å². The third kappa shape index (κ3) is 3.83. The molecular formula is C17H21FN2O3S. The van der Waals surface area contributed by atoms with E-state index in [1.807, 2.05) is 11.8 Å². The summed E-state index contributed by atoms with van der Waals surface area (Å²) in [7, 11) is 0. The summed E-state index contributed by atoms with van der Waals surface area (Å²) < 4.78 is 19.7. The van der Waals surface area contributed by atoms with E-state index in [0.717, 1.165) is 29.9 Å². The first-order valence-electron chi connectivity index (χ1n) is 8.14. The van der Waals surface area contributed by atoms with Crippen LogP contribution in [0, 0.1) is 5.82 Å². The number of hydrogen-bond acceptors (Lipinski definition) is 4. The minimum Gasteiger partial charge on any atom is -0.442 e. The molecule has 0 aromatic heterocycles. The fourth-order valence-corrected chi connectivity index (χ4v) is 4.23. The SMILES string of the molecule is CC(=O)NCC1CN(c2ccc(C3CCSCC3)c(F)c2)C(=O)O1. The maximum atomic E-state index is 14.5. The highest BCUT2D eigenvalue weighted by Crippen LogP contribution is 2.34. The monoisotopic (exact) mass is 352 g/mol. The van der Waals surface area contributed by atoms with Gasteiger partial charge in [-0.1, -0.05) is 6.07 Å². The fourth-order valence-electron chi connectivity index (χ4n) is 3.12. The number of nitrogens with one attached hydrogen (secondary N) is 1. The first kappa shape index (κ1) is 17.1. The van der Waals surface area contributed by atoms with Crippen LogP contribution in [0.25, 0.3) is 0 Å². The van der Waals surface area contributed by atoms with Crippen molar-refractivity contribution < 1.29 is 18.7 Å². The predicted molar refractivity (Wildman–Crippen MR) is 92.0 cm³/mol. The lowest BCUT2D eigenvalue weighted by atomic mass is 9.93. The molecule has 2 aliphatic heterocycles. The molecule has 0 radical (unpaired) electrons. The summed E-state index contributed by atoms with van der Waals surface area (Å²) in [6.45, 7) is 1.97. The van der Waals surface area contributed by atoms with Crippen LogP contribution in [0.2, 0.25) is 0 Å². The summed E-state index contributed by atoms with van der Waals surface area (Å²) in [5.74, 6) is 1.95. The first-order chi connectivity index (χ1) is 11.5. The van der Waals surface area contributed by atoms with Crippen LogP contribution in [0.5, 0.6) is 0 Å². The summed E-state index contributed by atoms with van der Waals surface area (Å²) in [5, 5.41) is 2.62. The van der Waals surface area contributed by atoms with Crippen molar-refractivity contribution in [3.05, 3.63) is 29.6 Å². The Labute approximate surface area is 144 Å². The largest absolute Gasteiger partial charge is 0.442 e. The van der Waals surface area contributed by atoms with Gasteiger partial charge in [0, 0.05) is 6.92 Å². The number of carbonyl (C=O) groups excluding carboxylic acids is 2. The maximum absolute atomic E-state index is 14.5. The van der Waals surface area contributed by atoms with Crippen LogP contribution in [0.15, 0.2) is 18.2 Å². The summed E-state index contributed by atoms with van der Waals surface area (Å²) in [4.78, 5) is 24.4. The molecule has 2 saturated heterocycles. The predicted octanol–water partition coefficient (Wildman–Crippen LogP) is 2.90. The summed E-state index contributed by atoms with van der Waals surface area (Å²) in [5.41, 5.74) is 1.23. The first-order valence-corrected chi connectivity index (χ1v) is 9.30. The second-order valence-corrected chi connectivity index (χ2v) is 7.37. The lowest BCUT2D eigenvalue weighted by molar-refractivity contribution is -0.119. The average molecular weight is 352 g/mol. The standard InChI is InChI=1S/C17H21FN2O3S/c1-11(21)19-9-14-10-20(17(22)23-14)13-2-3-15(16(18)8-13)12-4-6-24-7-5-12/h2-3,8,12,14H,4-7,9-10H2,1H3,(H,19,21). The number of ether oxygens (including phenoxy) is 1. The molecular weight excluding hydrogens is 331 g/mol. The summed E-state index contributed by atoms with van der Waals surface area (Å²) >= 11 is 1.91. The van der Waals surface area contributed by atoms with E-state index < -0.39 is 12.2 Å². The Morgan fingerprint density at radius 1 is 1.42 bits per heavy atom. The van der Waals surface area contributed by atoms with E-state index >= 15 is 0 Å². The van der Waals surface area contributed by atoms with E-state index in [2.05, 4.69) is 5.32 Å². The van der Waals surface area contributed by atoms with E-state index in [-0.39, 0.29) is 24.2 Å². The Balaban J connectivity index is 1.69. The van der Waals surface area contributed by atoms with E-state index in [4.69, 9.17) is 4.74 Å². The fraction of sp³-hybridized carbons (Fsp3) is 0.529. The van der Waals surface area contributed by atoms with Gasteiger partial charge >= 0.3 is 6.09 Å². The highest BCUT2D eigenvalue weighted by atomic mass is 32.2. The van der Waals surface area contributed by atoms with Gasteiger partial charge in [0.1, 0.15) is 11.9 Å². The van der Waals surface area contributed by atoms with Crippen LogP contribution < -0.4 is 10.2 Å². The molecule has 5 nitrogen and oxygen atoms in total. The molecule has 24 heavy (non-hydrogen) atoms. The number of rotatable bonds is 4. The average Bonchev–Trinajstić information content (AvgIpc) is 2.94. The molecule has 3 rings (SSSR count). The molecule has 2 aliphatic rings. The zero-order chi connectivity index (χ0) is 17.1. The van der Waals surface area contributed by atoms with Gasteiger partial charge in [-0.05, 0) is 48.0 Å². The number of benzene rings is 1. The molecule has 2 heterocycles. The molecule has 2 amide bonds. The molecule has 1 unspecified atom stereocenters. The molecule has 2 fully saturated rings. The van der Waals surface area contributed by atoms with E-state index in [1.165, 1.54) is 17.9 Å². The van der Waals surface area contributed by atoms with Crippen molar-refractivity contribution in [2.75, 3.05) is 29.5 Å². The minimum atomic E-state index is -0.508. The molecule has 0 bridgehead atoms. The van der Waals surface area contributed by atoms with Gasteiger partial charge in [0.2, 0.25) is 5.91 Å². The Morgan fingerprint density at radius 3 is 2.83 bits per heavy atom. The Morgan fingerprint density at radius 2 is 2.17 bits per heavy atom. The number of cyclic esters (lactones) is 1. The van der Waals surface area contributed by atoms with Gasteiger partial charge in [0.25, 0.3) is 0 Å². The van der Waals surface area contributed by atoms with Gasteiger partial charge in [0.15, 0.2) is 0 Å². The number of amides is 2. The highest BCUT2D eigenvalue weighted by Gasteiger charge is 2.33. The minimum absolute atomic E-state index is 0.175. The van der Waals surface area contributed by atoms with Gasteiger partial charge in [-0.25, -0.2) is 9.18 Å². The van der Waals surface area contributed by atoms with Gasteiger partial charge in [-0.3, -0.25) is 9.69 Å². The Hall–Kier alpha value is -1.76. The molecule has 1 atom stereocenters. The molecule has 1 aromatic rings. The van der Waals surface area contributed by atoms with Crippen molar-refractivity contribution in [3.8, 4) is 0 Å². The zero-order valence-corrected chi connectivity index (χ0v) is 14.4. The van der Waals surface area contributed by atoms with Gasteiger partial charge in [-0.2, -0.15) is 11.8 Å². The third-order valence-corrected chi connectivity index (χ3v) is 5.46. The van der Waals surface area contributed by atoms with Crippen molar-refractivity contribution >= 4 is 29.4 Å². The smallest absolute Gasteiger partial charge is 0.414 e. The van der Waals surface area contributed by atoms with Crippen molar-refractivity contribution in [2.24, 2.45) is 0 Å². The molecule has 1 aromatic carbocycles. The molecule has 1 N–H and O–H groups in total. The van der Waals surface area contributed by atoms with Crippen LogP contribution in [0.1, 0.15) is 31.2 Å². The maximum Gasteiger partial charge on any atom is 0.414 e. The van der Waals surface area contributed by atoms with Gasteiger partial charge in [-0.15, -0.1) is 0 Å². The highest BCUT2D eigenvalue weighted by molar-refractivity contribution is 7.99. The number of halogens is 1. The molecule has 7 heteroatoms. The number of nitrogens with zero attached hydrogens (tertiary/aromatic N) is 1. The zero-order valence-electron chi connectivity index (χ0n) is 13.6. The number of anilines is 1. The summed E-state index contributed by atoms with van der Waals surface area (Å²) in [6, 6.07) is 4.99. The second kappa shape index (κ2) is 7.42. The van der Waals surface area contributed by atoms with Crippen molar-refractivity contribution in [1.29, 1.82) is 0 Å². The topological polar surface area (TPSA) is 58.6 Å². The summed E-state index contributed by atoms with van der Waals surface area (Å²) in [6.07, 6.45) is 1.06. The van der Waals surface area contributed by atoms with Crippen molar-refractivity contribution in [3.63, 3.8) is 0 Å². The van der Waals surface area contributed by atoms with Gasteiger partial charge < -0.3 is 10.1 Å². The molecule has 130 valence electrons. The van der Waals surface area contributed by atoms with E-state index in [0.29, 0.717) is 12.2 Å². The molecule has 0 spiro atoms. The van der Waals surface area contributed by atoms with Crippen LogP contribution in [0.4, 0.5) is 14.9 Å². The van der Waals surface area contributed by atoms with Crippen molar-refractivity contribution in [1.82, 2.24) is 5.32 Å². The Kier molecular flexibility index (Phi) is 5.28. The normalized spacial score (nSPS) is 21.7. The lowest BCUT2D eigenvalue weighted by Gasteiger charge is -2.23.